The molecule has 9 nitrogen and oxygen atoms in total. The number of hydrogen-bond donors (Lipinski definition) is 1. The number of nitrogens with one attached hydrogen (secondary N) is 1. The average molecular weight is 542 g/mol. The van der Waals surface area contributed by atoms with Crippen LogP contribution in [-0.2, 0) is 7.05 Å². The van der Waals surface area contributed by atoms with Crippen LogP contribution in [0.15, 0.2) is 84.3 Å². The Balaban J connectivity index is 1.49. The number of nitrogens with zero attached hydrogens (tertiary/aromatic N) is 6. The second kappa shape index (κ2) is 10.2. The standard InChI is InChI=1S/C32H27N7O2/c1-20(36-31(40)28-21(2)34-19-38-16-15-33-30(28)38)27-17-24-10-8-9-23(13-14-25-18-35-37(4)22(25)3)29(24)32(41)39(27)26-11-6-5-7-12-26/h5-12,15-20H,1-4H3,(H,36,40)/t20-/m0/s1. The minimum Gasteiger partial charge on any atom is -0.344 e. The number of carbonyl (C=O) groups excluding carboxylic acids is 1. The largest absolute Gasteiger partial charge is 0.344 e. The molecule has 0 saturated carbocycles. The molecule has 1 N–H and O–H groups in total. The lowest BCUT2D eigenvalue weighted by molar-refractivity contribution is 0.0938. The van der Waals surface area contributed by atoms with Crippen molar-refractivity contribution >= 4 is 22.3 Å². The van der Waals surface area contributed by atoms with Gasteiger partial charge >= 0.3 is 0 Å². The molecule has 0 aliphatic carbocycles. The lowest BCUT2D eigenvalue weighted by atomic mass is 10.0. The van der Waals surface area contributed by atoms with Gasteiger partial charge in [-0.15, -0.1) is 0 Å². The van der Waals surface area contributed by atoms with Crippen LogP contribution in [0.2, 0.25) is 0 Å². The number of benzene rings is 2. The van der Waals surface area contributed by atoms with Gasteiger partial charge in [-0.25, -0.2) is 9.97 Å². The Morgan fingerprint density at radius 3 is 2.54 bits per heavy atom. The predicted molar refractivity (Wildman–Crippen MR) is 157 cm³/mol. The second-order valence-electron chi connectivity index (χ2n) is 9.89. The highest BCUT2D eigenvalue weighted by molar-refractivity contribution is 6.01. The number of fused-ring (bicyclic) bond motifs is 2. The maximum Gasteiger partial charge on any atom is 0.264 e. The SMILES string of the molecule is Cc1ncn2ccnc2c1C(=O)N[C@@H](C)c1cc2cccc(C#Cc3cnn(C)c3C)c2c(=O)n1-c1ccccc1. The van der Waals surface area contributed by atoms with E-state index in [1.165, 1.54) is 0 Å². The summed E-state index contributed by atoms with van der Waals surface area (Å²) in [6.07, 6.45) is 6.72. The quantitative estimate of drug-likeness (QED) is 0.336. The van der Waals surface area contributed by atoms with E-state index in [9.17, 15) is 9.59 Å². The first-order valence-corrected chi connectivity index (χ1v) is 13.2. The van der Waals surface area contributed by atoms with Gasteiger partial charge in [0.15, 0.2) is 5.65 Å². The Morgan fingerprint density at radius 1 is 1.00 bits per heavy atom. The van der Waals surface area contributed by atoms with Gasteiger partial charge in [0.2, 0.25) is 0 Å². The van der Waals surface area contributed by atoms with Crippen LogP contribution >= 0.6 is 0 Å². The normalized spacial score (nSPS) is 11.8. The van der Waals surface area contributed by atoms with Crippen molar-refractivity contribution in [3.05, 3.63) is 124 Å². The van der Waals surface area contributed by atoms with E-state index in [1.807, 2.05) is 75.5 Å². The Kier molecular flexibility index (Phi) is 6.44. The molecule has 4 heterocycles. The van der Waals surface area contributed by atoms with E-state index < -0.39 is 6.04 Å². The number of amides is 1. The van der Waals surface area contributed by atoms with Crippen LogP contribution in [0.1, 0.15) is 51.5 Å². The number of pyridine rings is 1. The molecule has 0 unspecified atom stereocenters. The van der Waals surface area contributed by atoms with Gasteiger partial charge in [0.05, 0.1) is 34.6 Å². The van der Waals surface area contributed by atoms with Crippen LogP contribution in [0.3, 0.4) is 0 Å². The van der Waals surface area contributed by atoms with Gasteiger partial charge in [-0.3, -0.25) is 23.2 Å². The molecular weight excluding hydrogens is 514 g/mol. The Morgan fingerprint density at radius 2 is 1.78 bits per heavy atom. The number of rotatable bonds is 4. The molecule has 6 rings (SSSR count). The maximum absolute atomic E-state index is 14.3. The molecular formula is C32H27N7O2. The zero-order valence-corrected chi connectivity index (χ0v) is 23.1. The van der Waals surface area contributed by atoms with Gasteiger partial charge in [-0.1, -0.05) is 42.2 Å². The molecule has 1 amide bonds. The summed E-state index contributed by atoms with van der Waals surface area (Å²) in [5, 5.41) is 8.59. The summed E-state index contributed by atoms with van der Waals surface area (Å²) in [5.74, 6) is 6.05. The van der Waals surface area contributed by atoms with Crippen LogP contribution in [-0.4, -0.2) is 34.6 Å². The fourth-order valence-electron chi connectivity index (χ4n) is 4.99. The molecule has 0 bridgehead atoms. The van der Waals surface area contributed by atoms with Gasteiger partial charge in [0.25, 0.3) is 11.5 Å². The van der Waals surface area contributed by atoms with Crippen LogP contribution in [0.25, 0.3) is 22.1 Å². The lowest BCUT2D eigenvalue weighted by Gasteiger charge is -2.21. The molecule has 202 valence electrons. The highest BCUT2D eigenvalue weighted by Gasteiger charge is 2.22. The molecule has 0 aliphatic rings. The van der Waals surface area contributed by atoms with Crippen LogP contribution in [0.5, 0.6) is 0 Å². The summed E-state index contributed by atoms with van der Waals surface area (Å²) in [7, 11) is 1.87. The highest BCUT2D eigenvalue weighted by Crippen LogP contribution is 2.24. The zero-order valence-electron chi connectivity index (χ0n) is 23.1. The molecule has 0 aliphatic heterocycles. The first kappa shape index (κ1) is 25.8. The molecule has 4 aromatic heterocycles. The van der Waals surface area contributed by atoms with E-state index in [0.717, 1.165) is 16.6 Å². The lowest BCUT2D eigenvalue weighted by Crippen LogP contribution is -2.33. The summed E-state index contributed by atoms with van der Waals surface area (Å²) >= 11 is 0. The minimum atomic E-state index is -0.526. The predicted octanol–water partition coefficient (Wildman–Crippen LogP) is 4.27. The highest BCUT2D eigenvalue weighted by atomic mass is 16.2. The smallest absolute Gasteiger partial charge is 0.264 e. The fourth-order valence-corrected chi connectivity index (χ4v) is 4.99. The van der Waals surface area contributed by atoms with Gasteiger partial charge in [0, 0.05) is 36.4 Å². The van der Waals surface area contributed by atoms with Gasteiger partial charge in [-0.05, 0) is 50.4 Å². The van der Waals surface area contributed by atoms with Crippen molar-refractivity contribution in [3.8, 4) is 17.5 Å². The van der Waals surface area contributed by atoms with Crippen molar-refractivity contribution in [2.45, 2.75) is 26.8 Å². The monoisotopic (exact) mass is 541 g/mol. The van der Waals surface area contributed by atoms with E-state index in [1.54, 1.807) is 45.5 Å². The third-order valence-corrected chi connectivity index (χ3v) is 7.30. The van der Waals surface area contributed by atoms with Crippen LogP contribution in [0, 0.1) is 25.7 Å². The molecule has 9 heteroatoms. The first-order valence-electron chi connectivity index (χ1n) is 13.2. The second-order valence-corrected chi connectivity index (χ2v) is 9.89. The summed E-state index contributed by atoms with van der Waals surface area (Å²) in [5.41, 5.74) is 4.96. The Bertz CT molecular complexity index is 2070. The molecule has 0 saturated heterocycles. The third kappa shape index (κ3) is 4.55. The topological polar surface area (TPSA) is 99.1 Å². The number of aromatic nitrogens is 6. The van der Waals surface area contributed by atoms with Gasteiger partial charge in [0.1, 0.15) is 11.9 Å². The summed E-state index contributed by atoms with van der Waals surface area (Å²) in [6, 6.07) is 16.4. The molecule has 41 heavy (non-hydrogen) atoms. The fraction of sp³-hybridized carbons (Fsp3) is 0.156. The molecule has 2 aromatic carbocycles. The van der Waals surface area contributed by atoms with Crippen molar-refractivity contribution in [2.75, 3.05) is 0 Å². The van der Waals surface area contributed by atoms with Crippen LogP contribution < -0.4 is 10.9 Å². The van der Waals surface area contributed by atoms with E-state index in [4.69, 9.17) is 0 Å². The zero-order chi connectivity index (χ0) is 28.7. The number of aryl methyl sites for hydroxylation is 2. The minimum absolute atomic E-state index is 0.217. The summed E-state index contributed by atoms with van der Waals surface area (Å²) in [6.45, 7) is 5.59. The van der Waals surface area contributed by atoms with Gasteiger partial charge < -0.3 is 5.32 Å². The third-order valence-electron chi connectivity index (χ3n) is 7.30. The molecule has 0 fully saturated rings. The molecule has 0 spiro atoms. The van der Waals surface area contributed by atoms with E-state index in [2.05, 4.69) is 32.2 Å². The van der Waals surface area contributed by atoms with Crippen molar-refractivity contribution in [1.29, 1.82) is 0 Å². The molecule has 0 radical (unpaired) electrons. The van der Waals surface area contributed by atoms with E-state index >= 15 is 0 Å². The number of para-hydroxylation sites is 1. The van der Waals surface area contributed by atoms with Crippen molar-refractivity contribution in [1.82, 2.24) is 34.0 Å². The van der Waals surface area contributed by atoms with Crippen molar-refractivity contribution < 1.29 is 4.79 Å². The Hall–Kier alpha value is -5.49. The number of carbonyl (C=O) groups is 1. The van der Waals surface area contributed by atoms with E-state index in [-0.39, 0.29) is 11.5 Å². The number of imidazole rings is 1. The average Bonchev–Trinajstić information content (AvgIpc) is 3.57. The summed E-state index contributed by atoms with van der Waals surface area (Å²) in [4.78, 5) is 36.5. The Labute approximate surface area is 236 Å². The van der Waals surface area contributed by atoms with Crippen LogP contribution in [0.4, 0.5) is 0 Å². The van der Waals surface area contributed by atoms with E-state index in [0.29, 0.717) is 39.2 Å². The number of hydrogen-bond acceptors (Lipinski definition) is 5. The van der Waals surface area contributed by atoms with Crippen molar-refractivity contribution in [3.63, 3.8) is 0 Å². The van der Waals surface area contributed by atoms with Crippen molar-refractivity contribution in [2.24, 2.45) is 7.05 Å². The molecule has 1 atom stereocenters. The molecule has 6 aromatic rings. The summed E-state index contributed by atoms with van der Waals surface area (Å²) < 4.78 is 5.12. The first-order chi connectivity index (χ1) is 19.8. The van der Waals surface area contributed by atoms with Gasteiger partial charge in [-0.2, -0.15) is 5.10 Å². The maximum atomic E-state index is 14.3.